The highest BCUT2D eigenvalue weighted by molar-refractivity contribution is 7.26. The molecule has 3 aromatic heterocycles. The molecule has 10 aromatic rings. The van der Waals surface area contributed by atoms with Crippen LogP contribution in [-0.2, 0) is 0 Å². The summed E-state index contributed by atoms with van der Waals surface area (Å²) in [4.78, 5) is 29.8. The van der Waals surface area contributed by atoms with Crippen LogP contribution in [0.4, 0.5) is 0 Å². The van der Waals surface area contributed by atoms with Gasteiger partial charge in [-0.1, -0.05) is 176 Å². The van der Waals surface area contributed by atoms with E-state index in [1.807, 2.05) is 121 Å². The molecule has 0 atom stereocenters. The van der Waals surface area contributed by atoms with Crippen LogP contribution in [0.2, 0.25) is 0 Å². The minimum Gasteiger partial charge on any atom is -0.208 e. The number of nitrogens with zero attached hydrogens (tertiary/aromatic N) is 6. The van der Waals surface area contributed by atoms with Gasteiger partial charge in [-0.3, -0.25) is 0 Å². The Bertz CT molecular complexity index is 2840. The Labute approximate surface area is 321 Å². The van der Waals surface area contributed by atoms with Gasteiger partial charge in [0.1, 0.15) is 0 Å². The fourth-order valence-corrected chi connectivity index (χ4v) is 8.19. The third kappa shape index (κ3) is 6.22. The molecule has 7 aromatic carbocycles. The summed E-state index contributed by atoms with van der Waals surface area (Å²) in [7, 11) is 0. The minimum absolute atomic E-state index is 0.631. The lowest BCUT2D eigenvalue weighted by molar-refractivity contribution is 1.07. The van der Waals surface area contributed by atoms with E-state index in [0.29, 0.717) is 34.9 Å². The fourth-order valence-electron chi connectivity index (χ4n) is 6.93. The predicted molar refractivity (Wildman–Crippen MR) is 224 cm³/mol. The van der Waals surface area contributed by atoms with E-state index in [0.717, 1.165) is 55.3 Å². The maximum atomic E-state index is 5.07. The molecule has 6 nitrogen and oxygen atoms in total. The van der Waals surface area contributed by atoms with Gasteiger partial charge < -0.3 is 0 Å². The average Bonchev–Trinajstić information content (AvgIpc) is 3.67. The van der Waals surface area contributed by atoms with Crippen molar-refractivity contribution in [3.63, 3.8) is 0 Å². The standard InChI is InChI=1S/C48H30N6S/c1-5-15-32(16-6-1)43-49-44(33-17-7-2-8-18-33)51-47(50-43)36-29-27-31(28-30-36)37-23-13-24-38-41-39(25-14-26-40(41)55-42(37)38)48-53-45(34-19-9-3-10-20-34)52-46(54-48)35-21-11-4-12-22-35/h1-30H. The molecule has 0 aliphatic heterocycles. The molecule has 10 rings (SSSR count). The van der Waals surface area contributed by atoms with E-state index in [9.17, 15) is 0 Å². The van der Waals surface area contributed by atoms with Gasteiger partial charge >= 0.3 is 0 Å². The third-order valence-electron chi connectivity index (χ3n) is 9.62. The number of hydrogen-bond donors (Lipinski definition) is 0. The average molecular weight is 723 g/mol. The Morgan fingerprint density at radius 2 is 0.636 bits per heavy atom. The number of fused-ring (bicyclic) bond motifs is 3. The van der Waals surface area contributed by atoms with Gasteiger partial charge in [-0.2, -0.15) is 0 Å². The molecule has 0 spiro atoms. The van der Waals surface area contributed by atoms with E-state index >= 15 is 0 Å². The zero-order chi connectivity index (χ0) is 36.6. The van der Waals surface area contributed by atoms with Gasteiger partial charge in [0.25, 0.3) is 0 Å². The quantitative estimate of drug-likeness (QED) is 0.163. The second-order valence-electron chi connectivity index (χ2n) is 13.1. The molecule has 0 unspecified atom stereocenters. The monoisotopic (exact) mass is 722 g/mol. The first-order chi connectivity index (χ1) is 27.2. The molecule has 0 aliphatic rings. The number of benzene rings is 7. The maximum Gasteiger partial charge on any atom is 0.164 e. The molecule has 0 N–H and O–H groups in total. The van der Waals surface area contributed by atoms with Crippen LogP contribution >= 0.6 is 11.3 Å². The number of thiophene rings is 1. The van der Waals surface area contributed by atoms with Gasteiger partial charge in [0.2, 0.25) is 0 Å². The topological polar surface area (TPSA) is 77.3 Å². The minimum atomic E-state index is 0.631. The van der Waals surface area contributed by atoms with Crippen LogP contribution in [0.25, 0.3) is 99.6 Å². The third-order valence-corrected chi connectivity index (χ3v) is 10.8. The first-order valence-electron chi connectivity index (χ1n) is 18.0. The van der Waals surface area contributed by atoms with Gasteiger partial charge in [-0.05, 0) is 17.2 Å². The largest absolute Gasteiger partial charge is 0.208 e. The second kappa shape index (κ2) is 14.0. The summed E-state index contributed by atoms with van der Waals surface area (Å²) in [6.07, 6.45) is 0. The zero-order valence-corrected chi connectivity index (χ0v) is 30.2. The summed E-state index contributed by atoms with van der Waals surface area (Å²) in [5, 5.41) is 2.30. The van der Waals surface area contributed by atoms with Gasteiger partial charge in [-0.15, -0.1) is 11.3 Å². The van der Waals surface area contributed by atoms with E-state index in [4.69, 9.17) is 29.9 Å². The van der Waals surface area contributed by atoms with Crippen molar-refractivity contribution in [3.8, 4) is 79.5 Å². The zero-order valence-electron chi connectivity index (χ0n) is 29.4. The van der Waals surface area contributed by atoms with Crippen molar-refractivity contribution in [2.45, 2.75) is 0 Å². The highest BCUT2D eigenvalue weighted by atomic mass is 32.1. The van der Waals surface area contributed by atoms with Crippen molar-refractivity contribution in [2.24, 2.45) is 0 Å². The van der Waals surface area contributed by atoms with Crippen molar-refractivity contribution >= 4 is 31.5 Å². The summed E-state index contributed by atoms with van der Waals surface area (Å²) in [5.74, 6) is 3.85. The molecular weight excluding hydrogens is 693 g/mol. The van der Waals surface area contributed by atoms with Gasteiger partial charge in [-0.25, -0.2) is 29.9 Å². The van der Waals surface area contributed by atoms with Crippen molar-refractivity contribution in [2.75, 3.05) is 0 Å². The van der Waals surface area contributed by atoms with Gasteiger partial charge in [0.15, 0.2) is 34.9 Å². The predicted octanol–water partition coefficient (Wildman–Crippen LogP) is 12.1. The Morgan fingerprint density at radius 3 is 1.09 bits per heavy atom. The Kier molecular flexibility index (Phi) is 8.24. The summed E-state index contributed by atoms with van der Waals surface area (Å²) < 4.78 is 2.38. The van der Waals surface area contributed by atoms with Crippen LogP contribution < -0.4 is 0 Å². The fraction of sp³-hybridized carbons (Fsp3) is 0. The lowest BCUT2D eigenvalue weighted by atomic mass is 9.99. The normalized spacial score (nSPS) is 11.3. The van der Waals surface area contributed by atoms with Crippen LogP contribution in [0.1, 0.15) is 0 Å². The van der Waals surface area contributed by atoms with Crippen LogP contribution in [0, 0.1) is 0 Å². The van der Waals surface area contributed by atoms with Crippen LogP contribution in [-0.4, -0.2) is 29.9 Å². The van der Waals surface area contributed by atoms with E-state index in [1.54, 1.807) is 11.3 Å². The van der Waals surface area contributed by atoms with Crippen molar-refractivity contribution in [1.82, 2.24) is 29.9 Å². The number of rotatable bonds is 7. The Balaban J connectivity index is 1.07. The molecule has 258 valence electrons. The van der Waals surface area contributed by atoms with Crippen molar-refractivity contribution < 1.29 is 0 Å². The van der Waals surface area contributed by atoms with E-state index in [2.05, 4.69) is 60.7 Å². The molecule has 0 saturated carbocycles. The SMILES string of the molecule is c1ccc(-c2nc(-c3ccccc3)nc(-c3ccc(-c4cccc5c4sc4cccc(-c6nc(-c7ccccc7)nc(-c7ccccc7)n6)c45)cc3)n2)cc1. The molecule has 0 bridgehead atoms. The molecule has 0 aliphatic carbocycles. The van der Waals surface area contributed by atoms with Crippen LogP contribution in [0.3, 0.4) is 0 Å². The number of hydrogen-bond acceptors (Lipinski definition) is 7. The highest BCUT2D eigenvalue weighted by Crippen LogP contribution is 2.44. The van der Waals surface area contributed by atoms with Crippen molar-refractivity contribution in [3.05, 3.63) is 182 Å². The molecule has 0 fully saturated rings. The summed E-state index contributed by atoms with van der Waals surface area (Å²) in [5.41, 5.74) is 7.95. The lowest BCUT2D eigenvalue weighted by Crippen LogP contribution is -2.00. The maximum absolute atomic E-state index is 5.07. The van der Waals surface area contributed by atoms with Gasteiger partial charge in [0.05, 0.1) is 0 Å². The van der Waals surface area contributed by atoms with E-state index < -0.39 is 0 Å². The molecule has 55 heavy (non-hydrogen) atoms. The first kappa shape index (κ1) is 32.4. The summed E-state index contributed by atoms with van der Waals surface area (Å²) in [6, 6.07) is 61.8. The lowest BCUT2D eigenvalue weighted by Gasteiger charge is -2.10. The number of aromatic nitrogens is 6. The molecule has 0 saturated heterocycles. The van der Waals surface area contributed by atoms with Gasteiger partial charge in [0, 0.05) is 53.6 Å². The second-order valence-corrected chi connectivity index (χ2v) is 14.2. The van der Waals surface area contributed by atoms with Crippen LogP contribution in [0.15, 0.2) is 182 Å². The smallest absolute Gasteiger partial charge is 0.164 e. The molecule has 0 radical (unpaired) electrons. The molecule has 7 heteroatoms. The summed E-state index contributed by atoms with van der Waals surface area (Å²) in [6.45, 7) is 0. The van der Waals surface area contributed by atoms with Crippen LogP contribution in [0.5, 0.6) is 0 Å². The summed E-state index contributed by atoms with van der Waals surface area (Å²) >= 11 is 1.79. The first-order valence-corrected chi connectivity index (χ1v) is 18.9. The highest BCUT2D eigenvalue weighted by Gasteiger charge is 2.19. The van der Waals surface area contributed by atoms with E-state index in [1.165, 1.54) is 9.40 Å². The molecule has 3 heterocycles. The molecular formula is C48H30N6S. The molecule has 0 amide bonds. The van der Waals surface area contributed by atoms with E-state index in [-0.39, 0.29) is 0 Å². The van der Waals surface area contributed by atoms with Crippen molar-refractivity contribution in [1.29, 1.82) is 0 Å². The Morgan fingerprint density at radius 1 is 0.273 bits per heavy atom. The Hall–Kier alpha value is -7.22.